The molecule has 1 aliphatic heterocycles. The lowest BCUT2D eigenvalue weighted by molar-refractivity contribution is -0.138. The van der Waals surface area contributed by atoms with E-state index < -0.39 is 5.41 Å². The SMILES string of the molecule is CCC1(c2ccccc2S)CCC(=O)NC1=O. The zero-order valence-corrected chi connectivity index (χ0v) is 10.6. The standard InChI is InChI=1S/C13H15NO2S/c1-2-13(8-7-11(15)14-12(13)16)9-5-3-4-6-10(9)17/h3-6,17H,2,7-8H2,1H3,(H,14,15,16). The molecule has 1 aromatic carbocycles. The molecule has 0 radical (unpaired) electrons. The molecule has 1 heterocycles. The van der Waals surface area contributed by atoms with Gasteiger partial charge in [-0.3, -0.25) is 14.9 Å². The molecule has 0 spiro atoms. The van der Waals surface area contributed by atoms with Crippen molar-refractivity contribution in [2.45, 2.75) is 36.5 Å². The summed E-state index contributed by atoms with van der Waals surface area (Å²) in [5, 5.41) is 2.44. The Bertz CT molecular complexity index is 472. The van der Waals surface area contributed by atoms with Crippen LogP contribution in [0.1, 0.15) is 31.7 Å². The molecule has 2 rings (SSSR count). The van der Waals surface area contributed by atoms with Gasteiger partial charge in [-0.15, -0.1) is 12.6 Å². The number of rotatable bonds is 2. The fourth-order valence-corrected chi connectivity index (χ4v) is 2.79. The quantitative estimate of drug-likeness (QED) is 0.622. The van der Waals surface area contributed by atoms with Gasteiger partial charge < -0.3 is 0 Å². The first-order valence-electron chi connectivity index (χ1n) is 5.73. The molecule has 2 amide bonds. The number of nitrogens with one attached hydrogen (secondary N) is 1. The van der Waals surface area contributed by atoms with Crippen molar-refractivity contribution in [1.29, 1.82) is 0 Å². The number of amides is 2. The summed E-state index contributed by atoms with van der Waals surface area (Å²) in [5.74, 6) is -0.381. The Hall–Kier alpha value is -1.29. The Balaban J connectivity index is 2.48. The molecule has 3 nitrogen and oxygen atoms in total. The number of hydrogen-bond donors (Lipinski definition) is 2. The van der Waals surface area contributed by atoms with Crippen molar-refractivity contribution >= 4 is 24.4 Å². The van der Waals surface area contributed by atoms with E-state index in [2.05, 4.69) is 17.9 Å². The summed E-state index contributed by atoms with van der Waals surface area (Å²) in [7, 11) is 0. The number of imide groups is 1. The van der Waals surface area contributed by atoms with Crippen molar-refractivity contribution in [1.82, 2.24) is 5.32 Å². The van der Waals surface area contributed by atoms with E-state index in [-0.39, 0.29) is 11.8 Å². The van der Waals surface area contributed by atoms with Crippen LogP contribution in [-0.2, 0) is 15.0 Å². The first-order chi connectivity index (χ1) is 8.10. The van der Waals surface area contributed by atoms with Crippen LogP contribution in [0, 0.1) is 0 Å². The van der Waals surface area contributed by atoms with E-state index in [0.29, 0.717) is 19.3 Å². The number of thiol groups is 1. The highest BCUT2D eigenvalue weighted by Crippen LogP contribution is 2.38. The molecule has 1 saturated heterocycles. The van der Waals surface area contributed by atoms with Crippen molar-refractivity contribution in [2.75, 3.05) is 0 Å². The Morgan fingerprint density at radius 3 is 2.65 bits per heavy atom. The number of hydrogen-bond acceptors (Lipinski definition) is 3. The average molecular weight is 249 g/mol. The van der Waals surface area contributed by atoms with Crippen LogP contribution in [0.15, 0.2) is 29.2 Å². The molecule has 1 aliphatic rings. The number of piperidine rings is 1. The van der Waals surface area contributed by atoms with Crippen LogP contribution in [-0.4, -0.2) is 11.8 Å². The van der Waals surface area contributed by atoms with Gasteiger partial charge in [-0.25, -0.2) is 0 Å². The summed E-state index contributed by atoms with van der Waals surface area (Å²) >= 11 is 4.41. The van der Waals surface area contributed by atoms with Crippen molar-refractivity contribution in [3.8, 4) is 0 Å². The summed E-state index contributed by atoms with van der Waals surface area (Å²) in [6.45, 7) is 1.97. The minimum atomic E-state index is -0.605. The maximum Gasteiger partial charge on any atom is 0.237 e. The highest BCUT2D eigenvalue weighted by Gasteiger charge is 2.43. The fraction of sp³-hybridized carbons (Fsp3) is 0.385. The Morgan fingerprint density at radius 2 is 2.06 bits per heavy atom. The minimum Gasteiger partial charge on any atom is -0.296 e. The third kappa shape index (κ3) is 1.97. The number of carbonyl (C=O) groups excluding carboxylic acids is 2. The van der Waals surface area contributed by atoms with Gasteiger partial charge in [0.15, 0.2) is 0 Å². The van der Waals surface area contributed by atoms with Gasteiger partial charge in [-0.1, -0.05) is 25.1 Å². The molecule has 90 valence electrons. The zero-order chi connectivity index (χ0) is 12.5. The highest BCUT2D eigenvalue weighted by molar-refractivity contribution is 7.80. The lowest BCUT2D eigenvalue weighted by Gasteiger charge is -2.35. The van der Waals surface area contributed by atoms with E-state index in [0.717, 1.165) is 10.5 Å². The summed E-state index contributed by atoms with van der Waals surface area (Å²) in [6.07, 6.45) is 1.62. The van der Waals surface area contributed by atoms with Gasteiger partial charge in [0.25, 0.3) is 0 Å². The first-order valence-corrected chi connectivity index (χ1v) is 6.17. The Kier molecular flexibility index (Phi) is 3.24. The monoisotopic (exact) mass is 249 g/mol. The fourth-order valence-electron chi connectivity index (χ4n) is 2.41. The van der Waals surface area contributed by atoms with Crippen LogP contribution in [0.4, 0.5) is 0 Å². The van der Waals surface area contributed by atoms with Crippen molar-refractivity contribution in [3.63, 3.8) is 0 Å². The molecule has 0 bridgehead atoms. The predicted octanol–water partition coefficient (Wildman–Crippen LogP) is 2.06. The topological polar surface area (TPSA) is 46.2 Å². The molecule has 1 fully saturated rings. The molecular weight excluding hydrogens is 234 g/mol. The Morgan fingerprint density at radius 1 is 1.35 bits per heavy atom. The Labute approximate surface area is 106 Å². The zero-order valence-electron chi connectivity index (χ0n) is 9.69. The predicted molar refractivity (Wildman–Crippen MR) is 68.0 cm³/mol. The molecule has 0 saturated carbocycles. The summed E-state index contributed by atoms with van der Waals surface area (Å²) < 4.78 is 0. The lowest BCUT2D eigenvalue weighted by atomic mass is 9.72. The van der Waals surface area contributed by atoms with Gasteiger partial charge in [0.1, 0.15) is 0 Å². The van der Waals surface area contributed by atoms with Crippen LogP contribution >= 0.6 is 12.6 Å². The van der Waals surface area contributed by atoms with E-state index in [4.69, 9.17) is 0 Å². The second-order valence-electron chi connectivity index (χ2n) is 4.33. The van der Waals surface area contributed by atoms with Gasteiger partial charge >= 0.3 is 0 Å². The average Bonchev–Trinajstić information content (AvgIpc) is 2.31. The molecule has 0 aliphatic carbocycles. The third-order valence-electron chi connectivity index (χ3n) is 3.49. The lowest BCUT2D eigenvalue weighted by Crippen LogP contribution is -2.51. The van der Waals surface area contributed by atoms with Gasteiger partial charge in [-0.05, 0) is 24.5 Å². The number of benzene rings is 1. The van der Waals surface area contributed by atoms with Crippen molar-refractivity contribution in [2.24, 2.45) is 0 Å². The third-order valence-corrected chi connectivity index (χ3v) is 3.88. The minimum absolute atomic E-state index is 0.185. The molecule has 1 unspecified atom stereocenters. The smallest absolute Gasteiger partial charge is 0.237 e. The van der Waals surface area contributed by atoms with Gasteiger partial charge in [0.2, 0.25) is 11.8 Å². The van der Waals surface area contributed by atoms with E-state index in [9.17, 15) is 9.59 Å². The molecule has 1 N–H and O–H groups in total. The molecule has 4 heteroatoms. The van der Waals surface area contributed by atoms with E-state index in [1.165, 1.54) is 0 Å². The molecule has 1 atom stereocenters. The molecule has 1 aromatic rings. The maximum atomic E-state index is 12.1. The van der Waals surface area contributed by atoms with Crippen LogP contribution in [0.25, 0.3) is 0 Å². The van der Waals surface area contributed by atoms with Crippen LogP contribution in [0.5, 0.6) is 0 Å². The summed E-state index contributed by atoms with van der Waals surface area (Å²) in [5.41, 5.74) is 0.308. The van der Waals surface area contributed by atoms with Crippen molar-refractivity contribution in [3.05, 3.63) is 29.8 Å². The second kappa shape index (κ2) is 4.53. The van der Waals surface area contributed by atoms with E-state index in [1.54, 1.807) is 0 Å². The maximum absolute atomic E-state index is 12.1. The normalized spacial score (nSPS) is 24.6. The molecule has 17 heavy (non-hydrogen) atoms. The number of carbonyl (C=O) groups is 2. The van der Waals surface area contributed by atoms with Gasteiger partial charge in [-0.2, -0.15) is 0 Å². The summed E-state index contributed by atoms with van der Waals surface area (Å²) in [4.78, 5) is 24.2. The van der Waals surface area contributed by atoms with E-state index in [1.807, 2.05) is 31.2 Å². The van der Waals surface area contributed by atoms with E-state index >= 15 is 0 Å². The summed E-state index contributed by atoms with van der Waals surface area (Å²) in [6, 6.07) is 7.58. The molecular formula is C13H15NO2S. The van der Waals surface area contributed by atoms with Gasteiger partial charge in [0.05, 0.1) is 5.41 Å². The van der Waals surface area contributed by atoms with Gasteiger partial charge in [0, 0.05) is 11.3 Å². The van der Waals surface area contributed by atoms with Crippen molar-refractivity contribution < 1.29 is 9.59 Å². The largest absolute Gasteiger partial charge is 0.296 e. The van der Waals surface area contributed by atoms with Crippen LogP contribution in [0.3, 0.4) is 0 Å². The second-order valence-corrected chi connectivity index (χ2v) is 4.81. The highest BCUT2D eigenvalue weighted by atomic mass is 32.1. The van der Waals surface area contributed by atoms with Crippen LogP contribution < -0.4 is 5.32 Å². The molecule has 0 aromatic heterocycles. The first kappa shape index (κ1) is 12.2. The van der Waals surface area contributed by atoms with Crippen LogP contribution in [0.2, 0.25) is 0 Å².